The van der Waals surface area contributed by atoms with E-state index in [1.807, 2.05) is 6.92 Å². The van der Waals surface area contributed by atoms with E-state index >= 15 is 0 Å². The third-order valence-electron chi connectivity index (χ3n) is 5.75. The second kappa shape index (κ2) is 5.41. The number of rotatable bonds is 5. The van der Waals surface area contributed by atoms with E-state index in [-0.39, 0.29) is 16.7 Å². The summed E-state index contributed by atoms with van der Waals surface area (Å²) in [6, 6.07) is 0. The number of nitrogens with zero attached hydrogens (tertiary/aromatic N) is 2. The van der Waals surface area contributed by atoms with Crippen LogP contribution in [0, 0.1) is 18.3 Å². The van der Waals surface area contributed by atoms with Crippen molar-refractivity contribution in [2.45, 2.75) is 59.0 Å². The van der Waals surface area contributed by atoms with Crippen LogP contribution in [0.4, 0.5) is 0 Å². The maximum atomic E-state index is 13.0. The first-order valence-electron chi connectivity index (χ1n) is 8.65. The molecule has 0 atom stereocenters. The Morgan fingerprint density at radius 2 is 1.96 bits per heavy atom. The fourth-order valence-corrected chi connectivity index (χ4v) is 4.63. The molecule has 6 heteroatoms. The van der Waals surface area contributed by atoms with E-state index < -0.39 is 0 Å². The minimum absolute atomic E-state index is 0.0718. The van der Waals surface area contributed by atoms with Gasteiger partial charge in [-0.1, -0.05) is 13.3 Å². The lowest BCUT2D eigenvalue weighted by Crippen LogP contribution is -2.42. The zero-order valence-electron chi connectivity index (χ0n) is 14.1. The summed E-state index contributed by atoms with van der Waals surface area (Å²) in [7, 11) is 0. The Labute approximate surface area is 143 Å². The Bertz CT molecular complexity index is 942. The molecule has 0 unspecified atom stereocenters. The minimum Gasteiger partial charge on any atom is -0.297 e. The third-order valence-corrected chi connectivity index (χ3v) is 6.99. The van der Waals surface area contributed by atoms with Gasteiger partial charge in [-0.3, -0.25) is 18.7 Å². The van der Waals surface area contributed by atoms with Crippen LogP contribution in [0.5, 0.6) is 0 Å². The van der Waals surface area contributed by atoms with Crippen molar-refractivity contribution in [3.8, 4) is 0 Å². The molecule has 24 heavy (non-hydrogen) atoms. The Kier molecular flexibility index (Phi) is 3.56. The van der Waals surface area contributed by atoms with Crippen LogP contribution in [-0.4, -0.2) is 15.4 Å². The maximum Gasteiger partial charge on any atom is 0.332 e. The predicted molar refractivity (Wildman–Crippen MR) is 95.2 cm³/mol. The summed E-state index contributed by atoms with van der Waals surface area (Å²) in [5, 5.41) is 0.560. The highest BCUT2D eigenvalue weighted by Crippen LogP contribution is 2.46. The molecule has 2 aromatic rings. The summed E-state index contributed by atoms with van der Waals surface area (Å²) in [5.41, 5.74) is 0.357. The SMILES string of the molecule is Cc1c(C=O)sc2c1c(=O)n(CC1(C)CC1)c(=O)n2CC1CCC1. The summed E-state index contributed by atoms with van der Waals surface area (Å²) >= 11 is 1.28. The van der Waals surface area contributed by atoms with Crippen molar-refractivity contribution in [2.24, 2.45) is 11.3 Å². The molecule has 2 fully saturated rings. The number of fused-ring (bicyclic) bond motifs is 1. The molecule has 0 aromatic carbocycles. The monoisotopic (exact) mass is 346 g/mol. The fraction of sp³-hybridized carbons (Fsp3) is 0.611. The molecular weight excluding hydrogens is 324 g/mol. The second-order valence-electron chi connectivity index (χ2n) is 7.78. The average Bonchev–Trinajstić information content (AvgIpc) is 3.14. The van der Waals surface area contributed by atoms with Crippen LogP contribution in [0.3, 0.4) is 0 Å². The fourth-order valence-electron chi connectivity index (χ4n) is 3.51. The van der Waals surface area contributed by atoms with Gasteiger partial charge in [0.2, 0.25) is 0 Å². The standard InChI is InChI=1S/C18H22N2O3S/c1-11-13(9-21)24-16-14(11)15(22)20(10-18(2)6-7-18)17(23)19(16)8-12-4-3-5-12/h9,12H,3-8,10H2,1-2H3. The largest absolute Gasteiger partial charge is 0.332 e. The van der Waals surface area contributed by atoms with Gasteiger partial charge in [-0.15, -0.1) is 11.3 Å². The van der Waals surface area contributed by atoms with E-state index in [9.17, 15) is 14.4 Å². The van der Waals surface area contributed by atoms with Crippen LogP contribution in [0.1, 0.15) is 54.3 Å². The van der Waals surface area contributed by atoms with Gasteiger partial charge in [0.1, 0.15) is 4.83 Å². The Morgan fingerprint density at radius 1 is 1.25 bits per heavy atom. The number of aromatic nitrogens is 2. The van der Waals surface area contributed by atoms with Crippen LogP contribution in [0.2, 0.25) is 0 Å². The van der Waals surface area contributed by atoms with Crippen molar-refractivity contribution in [1.29, 1.82) is 0 Å². The Hall–Kier alpha value is -1.69. The number of thiophene rings is 1. The third kappa shape index (κ3) is 2.39. The average molecular weight is 346 g/mol. The van der Waals surface area contributed by atoms with Crippen molar-refractivity contribution in [3.63, 3.8) is 0 Å². The molecule has 2 aliphatic carbocycles. The van der Waals surface area contributed by atoms with Gasteiger partial charge in [0.25, 0.3) is 5.56 Å². The molecule has 0 radical (unpaired) electrons. The van der Waals surface area contributed by atoms with Crippen molar-refractivity contribution in [1.82, 2.24) is 9.13 Å². The zero-order valence-corrected chi connectivity index (χ0v) is 14.9. The van der Waals surface area contributed by atoms with E-state index in [0.29, 0.717) is 39.7 Å². The Balaban J connectivity index is 1.97. The molecule has 0 N–H and O–H groups in total. The highest BCUT2D eigenvalue weighted by molar-refractivity contribution is 7.20. The van der Waals surface area contributed by atoms with Gasteiger partial charge < -0.3 is 0 Å². The minimum atomic E-state index is -0.227. The molecule has 2 saturated carbocycles. The highest BCUT2D eigenvalue weighted by atomic mass is 32.1. The summed E-state index contributed by atoms with van der Waals surface area (Å²) in [4.78, 5) is 38.6. The number of carbonyl (C=O) groups excluding carboxylic acids is 1. The van der Waals surface area contributed by atoms with E-state index in [1.54, 1.807) is 4.57 Å². The van der Waals surface area contributed by atoms with Crippen LogP contribution in [0.15, 0.2) is 9.59 Å². The zero-order chi connectivity index (χ0) is 17.1. The van der Waals surface area contributed by atoms with Crippen molar-refractivity contribution in [3.05, 3.63) is 31.3 Å². The number of hydrogen-bond donors (Lipinski definition) is 0. The van der Waals surface area contributed by atoms with E-state index in [2.05, 4.69) is 6.92 Å². The molecule has 128 valence electrons. The summed E-state index contributed by atoms with van der Waals surface area (Å²) < 4.78 is 3.18. The molecule has 0 bridgehead atoms. The molecular formula is C18H22N2O3S. The quantitative estimate of drug-likeness (QED) is 0.782. The first-order chi connectivity index (χ1) is 11.4. The second-order valence-corrected chi connectivity index (χ2v) is 8.81. The normalized spacial score (nSPS) is 19.4. The molecule has 2 aliphatic rings. The molecule has 4 rings (SSSR count). The number of aldehydes is 1. The molecule has 2 aromatic heterocycles. The lowest BCUT2D eigenvalue weighted by molar-refractivity contribution is 0.112. The maximum absolute atomic E-state index is 13.0. The number of carbonyl (C=O) groups is 1. The lowest BCUT2D eigenvalue weighted by atomic mass is 9.85. The van der Waals surface area contributed by atoms with Crippen LogP contribution < -0.4 is 11.2 Å². The van der Waals surface area contributed by atoms with E-state index in [4.69, 9.17) is 0 Å². The van der Waals surface area contributed by atoms with E-state index in [1.165, 1.54) is 22.3 Å². The first kappa shape index (κ1) is 15.8. The molecule has 2 heterocycles. The molecule has 0 amide bonds. The van der Waals surface area contributed by atoms with Crippen molar-refractivity contribution >= 4 is 27.8 Å². The Morgan fingerprint density at radius 3 is 2.50 bits per heavy atom. The molecule has 5 nitrogen and oxygen atoms in total. The highest BCUT2D eigenvalue weighted by Gasteiger charge is 2.39. The topological polar surface area (TPSA) is 61.1 Å². The van der Waals surface area contributed by atoms with Crippen LogP contribution in [-0.2, 0) is 13.1 Å². The van der Waals surface area contributed by atoms with Crippen LogP contribution >= 0.6 is 11.3 Å². The van der Waals surface area contributed by atoms with Gasteiger partial charge in [0.15, 0.2) is 6.29 Å². The number of aryl methyl sites for hydroxylation is 1. The van der Waals surface area contributed by atoms with E-state index in [0.717, 1.165) is 32.0 Å². The summed E-state index contributed by atoms with van der Waals surface area (Å²) in [6.45, 7) is 5.07. The van der Waals surface area contributed by atoms with Crippen molar-refractivity contribution < 1.29 is 4.79 Å². The van der Waals surface area contributed by atoms with Crippen LogP contribution in [0.25, 0.3) is 10.2 Å². The number of hydrogen-bond acceptors (Lipinski definition) is 4. The van der Waals surface area contributed by atoms with Crippen molar-refractivity contribution in [2.75, 3.05) is 0 Å². The smallest absolute Gasteiger partial charge is 0.297 e. The van der Waals surface area contributed by atoms with Gasteiger partial charge in [-0.2, -0.15) is 0 Å². The van der Waals surface area contributed by atoms with Gasteiger partial charge in [-0.25, -0.2) is 4.79 Å². The van der Waals surface area contributed by atoms with Gasteiger partial charge in [-0.05, 0) is 49.5 Å². The summed E-state index contributed by atoms with van der Waals surface area (Å²) in [5.74, 6) is 0.510. The van der Waals surface area contributed by atoms with Gasteiger partial charge in [0, 0.05) is 13.1 Å². The predicted octanol–water partition coefficient (Wildman–Crippen LogP) is 2.95. The van der Waals surface area contributed by atoms with Gasteiger partial charge in [0.05, 0.1) is 10.3 Å². The lowest BCUT2D eigenvalue weighted by Gasteiger charge is -2.26. The molecule has 0 saturated heterocycles. The first-order valence-corrected chi connectivity index (χ1v) is 9.47. The molecule has 0 spiro atoms. The molecule has 0 aliphatic heterocycles. The summed E-state index contributed by atoms with van der Waals surface area (Å²) in [6.07, 6.45) is 6.39. The van der Waals surface area contributed by atoms with Gasteiger partial charge >= 0.3 is 5.69 Å².